The predicted octanol–water partition coefficient (Wildman–Crippen LogP) is 3.18. The van der Waals surface area contributed by atoms with Crippen LogP contribution >= 0.6 is 0 Å². The molecule has 0 bridgehead atoms. The molecule has 1 saturated heterocycles. The molecule has 13 heteroatoms. The van der Waals surface area contributed by atoms with E-state index in [-0.39, 0.29) is 24.5 Å². The molecule has 2 aliphatic heterocycles. The summed E-state index contributed by atoms with van der Waals surface area (Å²) in [6.07, 6.45) is 2.60. The topological polar surface area (TPSA) is 156 Å². The number of carbonyl (C=O) groups is 3. The van der Waals surface area contributed by atoms with Gasteiger partial charge in [-0.05, 0) is 50.4 Å². The number of benzene rings is 2. The van der Waals surface area contributed by atoms with Crippen LogP contribution in [-0.2, 0) is 14.4 Å². The molecule has 4 N–H and O–H groups in total. The molecule has 3 unspecified atom stereocenters. The van der Waals surface area contributed by atoms with E-state index >= 15 is 0 Å². The van der Waals surface area contributed by atoms with Crippen LogP contribution in [0.15, 0.2) is 36.7 Å². The second-order valence-corrected chi connectivity index (χ2v) is 12.0. The Hall–Kier alpha value is -4.65. The van der Waals surface area contributed by atoms with Crippen molar-refractivity contribution < 1.29 is 28.6 Å². The van der Waals surface area contributed by atoms with Gasteiger partial charge in [-0.25, -0.2) is 9.97 Å². The zero-order valence-corrected chi connectivity index (χ0v) is 25.8. The Kier molecular flexibility index (Phi) is 8.77. The number of likely N-dealkylation sites (N-methyl/N-ethyl adjacent to an activating group) is 1. The number of rotatable bonds is 9. The Bertz CT molecular complexity index is 1570. The molecule has 1 fully saturated rings. The highest BCUT2D eigenvalue weighted by Gasteiger charge is 2.42. The van der Waals surface area contributed by atoms with Crippen molar-refractivity contribution in [2.45, 2.75) is 58.7 Å². The molecule has 0 aliphatic carbocycles. The molecule has 44 heavy (non-hydrogen) atoms. The number of likely N-dealkylation sites (tertiary alicyclic amines) is 1. The third-order valence-electron chi connectivity index (χ3n) is 7.91. The summed E-state index contributed by atoms with van der Waals surface area (Å²) < 4.78 is 16.5. The molecule has 3 atom stereocenters. The number of nitrogens with zero attached hydrogens (tertiary/aromatic N) is 3. The fourth-order valence-electron chi connectivity index (χ4n) is 5.29. The van der Waals surface area contributed by atoms with E-state index in [1.54, 1.807) is 31.0 Å². The molecule has 234 valence electrons. The van der Waals surface area contributed by atoms with Crippen LogP contribution in [0.25, 0.3) is 10.9 Å². The van der Waals surface area contributed by atoms with Gasteiger partial charge in [-0.3, -0.25) is 14.4 Å². The van der Waals surface area contributed by atoms with Crippen LogP contribution in [0.4, 0.5) is 17.2 Å². The number of fused-ring (bicyclic) bond motifs is 2. The first-order valence-corrected chi connectivity index (χ1v) is 14.6. The Balaban J connectivity index is 1.39. The zero-order valence-electron chi connectivity index (χ0n) is 25.8. The van der Waals surface area contributed by atoms with Crippen molar-refractivity contribution in [3.63, 3.8) is 0 Å². The summed E-state index contributed by atoms with van der Waals surface area (Å²) in [7, 11) is 3.19. The Labute approximate surface area is 256 Å². The smallest absolute Gasteiger partial charge is 0.247 e. The van der Waals surface area contributed by atoms with Gasteiger partial charge in [-0.2, -0.15) is 0 Å². The number of carbonyl (C=O) groups excluding carboxylic acids is 3. The minimum atomic E-state index is -0.809. The molecule has 2 aliphatic rings. The molecule has 13 nitrogen and oxygen atoms in total. The van der Waals surface area contributed by atoms with Gasteiger partial charge in [-0.1, -0.05) is 20.8 Å². The van der Waals surface area contributed by atoms with Crippen LogP contribution in [-0.4, -0.2) is 78.2 Å². The summed E-state index contributed by atoms with van der Waals surface area (Å²) in [5.41, 5.74) is 1.18. The maximum atomic E-state index is 13.8. The number of methoxy groups -OCH3 is 1. The van der Waals surface area contributed by atoms with E-state index in [2.05, 4.69) is 31.2 Å². The Morgan fingerprint density at radius 1 is 1.09 bits per heavy atom. The summed E-state index contributed by atoms with van der Waals surface area (Å²) in [4.78, 5) is 50.7. The molecule has 3 heterocycles. The van der Waals surface area contributed by atoms with E-state index in [1.807, 2.05) is 39.0 Å². The third-order valence-corrected chi connectivity index (χ3v) is 7.91. The second-order valence-electron chi connectivity index (χ2n) is 12.0. The van der Waals surface area contributed by atoms with E-state index in [9.17, 15) is 14.4 Å². The number of nitrogens with one attached hydrogen (secondary N) is 4. The van der Waals surface area contributed by atoms with Gasteiger partial charge < -0.3 is 40.4 Å². The van der Waals surface area contributed by atoms with Crippen molar-refractivity contribution in [1.82, 2.24) is 25.5 Å². The van der Waals surface area contributed by atoms with Crippen LogP contribution in [0.3, 0.4) is 0 Å². The molecule has 3 amide bonds. The van der Waals surface area contributed by atoms with Crippen LogP contribution in [0.5, 0.6) is 17.2 Å². The van der Waals surface area contributed by atoms with Crippen LogP contribution in [0, 0.1) is 5.41 Å². The largest absolute Gasteiger partial charge is 0.494 e. The molecule has 0 spiro atoms. The van der Waals surface area contributed by atoms with Gasteiger partial charge in [0.2, 0.25) is 24.5 Å². The summed E-state index contributed by atoms with van der Waals surface area (Å²) in [5, 5.41) is 12.7. The number of amides is 3. The number of hydrogen-bond acceptors (Lipinski definition) is 10. The highest BCUT2D eigenvalue weighted by Crippen LogP contribution is 2.37. The average Bonchev–Trinajstić information content (AvgIpc) is 3.68. The lowest BCUT2D eigenvalue weighted by Crippen LogP contribution is -2.59. The monoisotopic (exact) mass is 605 g/mol. The van der Waals surface area contributed by atoms with Crippen molar-refractivity contribution in [2.75, 3.05) is 38.1 Å². The van der Waals surface area contributed by atoms with E-state index in [0.29, 0.717) is 59.0 Å². The fourth-order valence-corrected chi connectivity index (χ4v) is 5.29. The van der Waals surface area contributed by atoms with Crippen LogP contribution in [0.1, 0.15) is 40.5 Å². The van der Waals surface area contributed by atoms with Gasteiger partial charge in [-0.15, -0.1) is 0 Å². The molecular formula is C31H39N7O6. The summed E-state index contributed by atoms with van der Waals surface area (Å²) in [6.45, 7) is 7.98. The molecule has 0 saturated carbocycles. The van der Waals surface area contributed by atoms with E-state index < -0.39 is 23.5 Å². The van der Waals surface area contributed by atoms with Crippen molar-refractivity contribution in [3.05, 3.63) is 36.7 Å². The van der Waals surface area contributed by atoms with Gasteiger partial charge in [0.25, 0.3) is 0 Å². The normalized spacial score (nSPS) is 17.2. The highest BCUT2D eigenvalue weighted by molar-refractivity contribution is 6.03. The summed E-state index contributed by atoms with van der Waals surface area (Å²) in [5.74, 6) is 1.30. The summed E-state index contributed by atoms with van der Waals surface area (Å²) in [6, 6.07) is 6.96. The fraction of sp³-hybridized carbons (Fsp3) is 0.452. The Morgan fingerprint density at radius 3 is 2.59 bits per heavy atom. The molecule has 0 radical (unpaired) electrons. The quantitative estimate of drug-likeness (QED) is 0.286. The number of ether oxygens (including phenoxy) is 3. The first-order valence-electron chi connectivity index (χ1n) is 14.6. The van der Waals surface area contributed by atoms with Crippen LogP contribution in [0.2, 0.25) is 0 Å². The number of anilines is 3. The lowest BCUT2D eigenvalue weighted by Gasteiger charge is -2.36. The minimum absolute atomic E-state index is 0.170. The molecule has 1 aromatic heterocycles. The van der Waals surface area contributed by atoms with Crippen LogP contribution < -0.4 is 35.5 Å². The van der Waals surface area contributed by atoms with Crippen molar-refractivity contribution in [3.8, 4) is 17.2 Å². The lowest BCUT2D eigenvalue weighted by atomic mass is 9.85. The average molecular weight is 606 g/mol. The lowest BCUT2D eigenvalue weighted by molar-refractivity contribution is -0.143. The SMILES string of the molecule is CNC(C)C(=O)NC(C(=O)N1CCCC1C(=O)Nc1cc2c(Nc3ccc4c(c3)OCO4)ncnc2cc1OC)C(C)(C)C. The summed E-state index contributed by atoms with van der Waals surface area (Å²) >= 11 is 0. The van der Waals surface area contributed by atoms with Crippen molar-refractivity contribution in [2.24, 2.45) is 5.41 Å². The Morgan fingerprint density at radius 2 is 1.86 bits per heavy atom. The molecule has 2 aromatic carbocycles. The van der Waals surface area contributed by atoms with E-state index in [4.69, 9.17) is 14.2 Å². The molecular weight excluding hydrogens is 566 g/mol. The maximum Gasteiger partial charge on any atom is 0.247 e. The zero-order chi connectivity index (χ0) is 31.6. The number of aromatic nitrogens is 2. The maximum absolute atomic E-state index is 13.8. The van der Waals surface area contributed by atoms with E-state index in [1.165, 1.54) is 13.4 Å². The van der Waals surface area contributed by atoms with Gasteiger partial charge in [0.05, 0.1) is 24.4 Å². The highest BCUT2D eigenvalue weighted by atomic mass is 16.7. The second kappa shape index (κ2) is 12.5. The number of hydrogen-bond donors (Lipinski definition) is 4. The van der Waals surface area contributed by atoms with Crippen molar-refractivity contribution in [1.29, 1.82) is 0 Å². The molecule has 5 rings (SSSR count). The first-order chi connectivity index (χ1) is 21.0. The van der Waals surface area contributed by atoms with Gasteiger partial charge >= 0.3 is 0 Å². The minimum Gasteiger partial charge on any atom is -0.494 e. The van der Waals surface area contributed by atoms with E-state index in [0.717, 1.165) is 5.69 Å². The van der Waals surface area contributed by atoms with Gasteiger partial charge in [0.1, 0.15) is 30.0 Å². The van der Waals surface area contributed by atoms with Crippen molar-refractivity contribution >= 4 is 45.8 Å². The van der Waals surface area contributed by atoms with Gasteiger partial charge in [0.15, 0.2) is 11.5 Å². The molecule has 3 aromatic rings. The standard InChI is InChI=1S/C31H39N7O6/c1-17(32-5)28(39)37-26(31(2,3)4)30(41)38-11-7-8-22(38)29(40)36-21-13-19-20(14-24(21)42-6)33-15-34-27(19)35-18-9-10-23-25(12-18)44-16-43-23/h9-10,12-15,17,22,26,32H,7-8,11,16H2,1-6H3,(H,36,40)(H,37,39)(H,33,34,35). The third kappa shape index (κ3) is 6.32. The van der Waals surface area contributed by atoms with Gasteiger partial charge in [0, 0.05) is 29.8 Å². The predicted molar refractivity (Wildman–Crippen MR) is 165 cm³/mol. The first kappa shape index (κ1) is 30.8.